The highest BCUT2D eigenvalue weighted by atomic mass is 32.1. The van der Waals surface area contributed by atoms with Crippen molar-refractivity contribution < 1.29 is 9.47 Å². The van der Waals surface area contributed by atoms with Gasteiger partial charge < -0.3 is 14.4 Å². The van der Waals surface area contributed by atoms with E-state index in [0.717, 1.165) is 67.5 Å². The van der Waals surface area contributed by atoms with Crippen LogP contribution in [-0.4, -0.2) is 65.8 Å². The van der Waals surface area contributed by atoms with Gasteiger partial charge in [0.1, 0.15) is 16.8 Å². The second kappa shape index (κ2) is 7.60. The third-order valence-electron chi connectivity index (χ3n) is 5.85. The largest absolute Gasteiger partial charge is 0.490 e. The summed E-state index contributed by atoms with van der Waals surface area (Å²) in [7, 11) is 0. The molecule has 4 rings (SSSR count). The molecule has 5 heteroatoms. The highest BCUT2D eigenvalue weighted by molar-refractivity contribution is 7.80. The lowest BCUT2D eigenvalue weighted by Gasteiger charge is -2.42. The molecule has 1 aromatic carbocycles. The molecule has 0 spiro atoms. The number of nitrogens with zero attached hydrogens (tertiary/aromatic N) is 2. The number of thiocarbonyl (C=S) groups is 1. The van der Waals surface area contributed by atoms with Crippen LogP contribution in [0.25, 0.3) is 0 Å². The highest BCUT2D eigenvalue weighted by Gasteiger charge is 2.38. The second-order valence-corrected chi connectivity index (χ2v) is 7.91. The maximum Gasteiger partial charge on any atom is 0.119 e. The molecule has 0 aromatic heterocycles. The molecule has 25 heavy (non-hydrogen) atoms. The van der Waals surface area contributed by atoms with E-state index in [1.165, 1.54) is 19.4 Å². The van der Waals surface area contributed by atoms with E-state index >= 15 is 0 Å². The minimum absolute atomic E-state index is 0.370. The Morgan fingerprint density at radius 1 is 1.12 bits per heavy atom. The van der Waals surface area contributed by atoms with Crippen molar-refractivity contribution in [3.8, 4) is 5.75 Å². The number of ether oxygens (including phenoxy) is 2. The van der Waals surface area contributed by atoms with Crippen molar-refractivity contribution in [3.63, 3.8) is 0 Å². The molecule has 1 atom stereocenters. The van der Waals surface area contributed by atoms with Crippen LogP contribution in [0.5, 0.6) is 5.75 Å². The molecular formula is C20H28N2O2S. The van der Waals surface area contributed by atoms with Crippen LogP contribution < -0.4 is 4.74 Å². The summed E-state index contributed by atoms with van der Waals surface area (Å²) in [5.74, 6) is 0.964. The predicted molar refractivity (Wildman–Crippen MR) is 103 cm³/mol. The van der Waals surface area contributed by atoms with Gasteiger partial charge in [-0.3, -0.25) is 4.90 Å². The number of benzene rings is 1. The lowest BCUT2D eigenvalue weighted by molar-refractivity contribution is 0.0141. The number of hydrogen-bond acceptors (Lipinski definition) is 4. The van der Waals surface area contributed by atoms with Gasteiger partial charge in [-0.1, -0.05) is 12.2 Å². The van der Waals surface area contributed by atoms with Crippen molar-refractivity contribution in [1.82, 2.24) is 9.80 Å². The van der Waals surface area contributed by atoms with E-state index in [4.69, 9.17) is 21.7 Å². The average molecular weight is 361 g/mol. The van der Waals surface area contributed by atoms with Gasteiger partial charge in [-0.2, -0.15) is 0 Å². The molecule has 3 fully saturated rings. The molecule has 4 nitrogen and oxygen atoms in total. The predicted octanol–water partition coefficient (Wildman–Crippen LogP) is 3.09. The number of hydrogen-bond donors (Lipinski definition) is 0. The van der Waals surface area contributed by atoms with Gasteiger partial charge in [-0.25, -0.2) is 0 Å². The van der Waals surface area contributed by atoms with E-state index in [-0.39, 0.29) is 0 Å². The maximum atomic E-state index is 6.15. The molecule has 2 heterocycles. The maximum absolute atomic E-state index is 6.15. The van der Waals surface area contributed by atoms with Gasteiger partial charge in [0.15, 0.2) is 0 Å². The van der Waals surface area contributed by atoms with Crippen molar-refractivity contribution in [2.75, 3.05) is 32.8 Å². The molecule has 2 aliphatic heterocycles. The molecule has 1 aliphatic carbocycles. The summed E-state index contributed by atoms with van der Waals surface area (Å²) in [4.78, 5) is 5.81. The summed E-state index contributed by atoms with van der Waals surface area (Å²) in [5.41, 5.74) is 1.10. The third-order valence-corrected chi connectivity index (χ3v) is 6.34. The Hall–Kier alpha value is -1.17. The van der Waals surface area contributed by atoms with Crippen molar-refractivity contribution in [2.45, 2.75) is 50.8 Å². The van der Waals surface area contributed by atoms with Gasteiger partial charge in [0, 0.05) is 43.6 Å². The Balaban J connectivity index is 1.27. The summed E-state index contributed by atoms with van der Waals surface area (Å²) >= 11 is 5.62. The minimum Gasteiger partial charge on any atom is -0.490 e. The quantitative estimate of drug-likeness (QED) is 0.769. The van der Waals surface area contributed by atoms with Crippen LogP contribution in [0.3, 0.4) is 0 Å². The molecule has 3 aliphatic rings. The van der Waals surface area contributed by atoms with E-state index in [9.17, 15) is 0 Å². The van der Waals surface area contributed by atoms with E-state index < -0.39 is 0 Å². The molecule has 0 bridgehead atoms. The van der Waals surface area contributed by atoms with Crippen molar-refractivity contribution in [1.29, 1.82) is 0 Å². The van der Waals surface area contributed by atoms with Crippen LogP contribution in [0.2, 0.25) is 0 Å². The summed E-state index contributed by atoms with van der Waals surface area (Å²) < 4.78 is 11.5. The smallest absolute Gasteiger partial charge is 0.119 e. The number of rotatable bonds is 4. The lowest BCUT2D eigenvalue weighted by atomic mass is 9.87. The van der Waals surface area contributed by atoms with E-state index in [1.807, 2.05) is 0 Å². The van der Waals surface area contributed by atoms with E-state index in [2.05, 4.69) is 41.0 Å². The average Bonchev–Trinajstić information content (AvgIpc) is 3.04. The van der Waals surface area contributed by atoms with Crippen molar-refractivity contribution in [2.24, 2.45) is 0 Å². The highest BCUT2D eigenvalue weighted by Crippen LogP contribution is 2.34. The van der Waals surface area contributed by atoms with Crippen LogP contribution in [0, 0.1) is 0 Å². The first-order valence-corrected chi connectivity index (χ1v) is 10.0. The van der Waals surface area contributed by atoms with Gasteiger partial charge in [-0.15, -0.1) is 0 Å². The van der Waals surface area contributed by atoms with Crippen LogP contribution >= 0.6 is 12.2 Å². The van der Waals surface area contributed by atoms with Gasteiger partial charge in [0.2, 0.25) is 0 Å². The molecule has 2 saturated heterocycles. The lowest BCUT2D eigenvalue weighted by Crippen LogP contribution is -2.50. The first-order chi connectivity index (χ1) is 12.2. The molecule has 0 radical (unpaired) electrons. The summed E-state index contributed by atoms with van der Waals surface area (Å²) in [5, 5.41) is 0. The van der Waals surface area contributed by atoms with Crippen LogP contribution in [0.4, 0.5) is 0 Å². The Bertz CT molecular complexity index is 594. The third kappa shape index (κ3) is 3.83. The standard InChI is InChI=1S/C20H28N2O2S/c1-15-3-2-8-22(15)17-13-19(14-17)24-18-6-4-16(5-7-18)20(25)21-9-11-23-12-10-21/h4-7,15,17,19H,2-3,8-14H2,1H3/t15?,17-,19-. The summed E-state index contributed by atoms with van der Waals surface area (Å²) in [6.07, 6.45) is 5.41. The fourth-order valence-corrected chi connectivity index (χ4v) is 4.54. The zero-order chi connectivity index (χ0) is 17.2. The summed E-state index contributed by atoms with van der Waals surface area (Å²) in [6, 6.07) is 9.79. The van der Waals surface area contributed by atoms with Gasteiger partial charge in [-0.05, 0) is 50.6 Å². The van der Waals surface area contributed by atoms with Crippen LogP contribution in [-0.2, 0) is 4.74 Å². The molecule has 1 aromatic rings. The Morgan fingerprint density at radius 3 is 2.48 bits per heavy atom. The van der Waals surface area contributed by atoms with Crippen LogP contribution in [0.15, 0.2) is 24.3 Å². The monoisotopic (exact) mass is 360 g/mol. The van der Waals surface area contributed by atoms with Crippen molar-refractivity contribution >= 4 is 17.2 Å². The Labute approximate surface area is 156 Å². The fourth-order valence-electron chi connectivity index (χ4n) is 4.22. The topological polar surface area (TPSA) is 24.9 Å². The molecular weight excluding hydrogens is 332 g/mol. The Morgan fingerprint density at radius 2 is 1.84 bits per heavy atom. The zero-order valence-electron chi connectivity index (χ0n) is 15.0. The second-order valence-electron chi connectivity index (χ2n) is 7.52. The normalized spacial score (nSPS) is 30.1. The minimum atomic E-state index is 0.370. The van der Waals surface area contributed by atoms with Gasteiger partial charge in [0.25, 0.3) is 0 Å². The van der Waals surface area contributed by atoms with Crippen LogP contribution in [0.1, 0.15) is 38.2 Å². The van der Waals surface area contributed by atoms with Gasteiger partial charge >= 0.3 is 0 Å². The van der Waals surface area contributed by atoms with E-state index in [1.54, 1.807) is 0 Å². The molecule has 1 unspecified atom stereocenters. The molecule has 0 amide bonds. The van der Waals surface area contributed by atoms with E-state index in [0.29, 0.717) is 6.10 Å². The first-order valence-electron chi connectivity index (χ1n) is 9.60. The number of likely N-dealkylation sites (tertiary alicyclic amines) is 1. The molecule has 136 valence electrons. The first kappa shape index (κ1) is 17.3. The molecule has 1 saturated carbocycles. The van der Waals surface area contributed by atoms with Crippen molar-refractivity contribution in [3.05, 3.63) is 29.8 Å². The molecule has 0 N–H and O–H groups in total. The fraction of sp³-hybridized carbons (Fsp3) is 0.650. The SMILES string of the molecule is CC1CCCN1[C@H]1C[C@H](Oc2ccc(C(=S)N3CCOCC3)cc2)C1. The van der Waals surface area contributed by atoms with Gasteiger partial charge in [0.05, 0.1) is 13.2 Å². The zero-order valence-corrected chi connectivity index (χ0v) is 15.8. The summed E-state index contributed by atoms with van der Waals surface area (Å²) in [6.45, 7) is 6.92. The Kier molecular flexibility index (Phi) is 5.25. The number of morpholine rings is 1.